The molecule has 1 saturated heterocycles. The largest absolute Gasteiger partial charge is 0.393 e. The summed E-state index contributed by atoms with van der Waals surface area (Å²) in [5.41, 5.74) is 2.97. The third-order valence-corrected chi connectivity index (χ3v) is 11.8. The number of epoxide rings is 1. The highest BCUT2D eigenvalue weighted by Gasteiger charge is 2.59. The van der Waals surface area contributed by atoms with Crippen LogP contribution in [0.4, 0.5) is 0 Å². The summed E-state index contributed by atoms with van der Waals surface area (Å²) < 4.78 is 6.12. The Hall–Kier alpha value is -0.340. The average Bonchev–Trinajstić information content (AvgIpc) is 3.25. The van der Waals surface area contributed by atoms with E-state index in [9.17, 15) is 5.11 Å². The first-order valence-electron chi connectivity index (χ1n) is 13.7. The number of aliphatic hydroxyl groups is 1. The van der Waals surface area contributed by atoms with Crippen LogP contribution >= 0.6 is 0 Å². The van der Waals surface area contributed by atoms with E-state index in [1.807, 2.05) is 5.57 Å². The Bertz CT molecular complexity index is 726. The second kappa shape index (κ2) is 7.59. The number of rotatable bonds is 5. The molecular formula is C29H48O2. The van der Waals surface area contributed by atoms with E-state index in [0.717, 1.165) is 36.5 Å². The number of allylic oxidation sites excluding steroid dienone is 2. The van der Waals surface area contributed by atoms with Gasteiger partial charge in [0.05, 0.1) is 17.8 Å². The normalized spacial score (nSPS) is 52.2. The second-order valence-corrected chi connectivity index (χ2v) is 13.3. The number of aliphatic hydroxyl groups excluding tert-OH is 1. The number of ether oxygens (including phenoxy) is 1. The molecule has 2 nitrogen and oxygen atoms in total. The fourth-order valence-electron chi connectivity index (χ4n) is 9.57. The summed E-state index contributed by atoms with van der Waals surface area (Å²) in [6.07, 6.45) is 15.8. The molecule has 0 spiro atoms. The molecular weight excluding hydrogens is 380 g/mol. The lowest BCUT2D eigenvalue weighted by Crippen LogP contribution is -2.49. The smallest absolute Gasteiger partial charge is 0.0968 e. The summed E-state index contributed by atoms with van der Waals surface area (Å²) in [5.74, 6) is 4.62. The van der Waals surface area contributed by atoms with E-state index in [0.29, 0.717) is 28.8 Å². The summed E-state index contributed by atoms with van der Waals surface area (Å²) in [6.45, 7) is 14.8. The molecule has 0 bridgehead atoms. The van der Waals surface area contributed by atoms with E-state index in [-0.39, 0.29) is 11.7 Å². The van der Waals surface area contributed by atoms with Gasteiger partial charge in [-0.3, -0.25) is 0 Å². The third kappa shape index (κ3) is 3.32. The van der Waals surface area contributed by atoms with Gasteiger partial charge in [0.25, 0.3) is 0 Å². The molecule has 31 heavy (non-hydrogen) atoms. The average molecular weight is 429 g/mol. The molecule has 0 aromatic carbocycles. The van der Waals surface area contributed by atoms with Crippen LogP contribution in [0, 0.1) is 46.3 Å². The molecule has 3 saturated carbocycles. The van der Waals surface area contributed by atoms with Gasteiger partial charge in [-0.1, -0.05) is 46.3 Å². The van der Waals surface area contributed by atoms with Crippen LogP contribution in [0.3, 0.4) is 0 Å². The lowest BCUT2D eigenvalue weighted by molar-refractivity contribution is -0.0429. The summed E-state index contributed by atoms with van der Waals surface area (Å²) in [5, 5.41) is 10.3. The Morgan fingerprint density at radius 1 is 1.03 bits per heavy atom. The Kier molecular flexibility index (Phi) is 5.50. The van der Waals surface area contributed by atoms with E-state index in [1.165, 1.54) is 51.4 Å². The fourth-order valence-corrected chi connectivity index (χ4v) is 9.57. The van der Waals surface area contributed by atoms with E-state index in [4.69, 9.17) is 4.74 Å². The van der Waals surface area contributed by atoms with Gasteiger partial charge in [-0.15, -0.1) is 0 Å². The summed E-state index contributed by atoms with van der Waals surface area (Å²) in [6, 6.07) is 0. The predicted octanol–water partition coefficient (Wildman–Crippen LogP) is 7.16. The lowest BCUT2D eigenvalue weighted by Gasteiger charge is -2.57. The molecule has 5 rings (SSSR count). The van der Waals surface area contributed by atoms with Crippen LogP contribution in [0.1, 0.15) is 106 Å². The van der Waals surface area contributed by atoms with E-state index >= 15 is 0 Å². The van der Waals surface area contributed by atoms with E-state index in [1.54, 1.807) is 0 Å². The number of hydrogen-bond acceptors (Lipinski definition) is 2. The van der Waals surface area contributed by atoms with E-state index < -0.39 is 0 Å². The maximum atomic E-state index is 10.3. The Balaban J connectivity index is 1.31. The molecule has 1 heterocycles. The molecule has 10 atom stereocenters. The standard InChI is InChI=1S/C29H48O2/c1-18(2)29(20(4)31-29)16-11-19(3)24-9-10-25-23-8-7-21-17-22(30)12-14-27(21,5)26(23)13-15-28(24,25)6/h8,18-22,24-26,30H,7,9-17H2,1-6H3/t19-,20+,21+,22+,24-,25+,26+,27+,28-,29+/m1/s1. The molecule has 0 radical (unpaired) electrons. The molecule has 1 N–H and O–H groups in total. The lowest BCUT2D eigenvalue weighted by atomic mass is 9.47. The van der Waals surface area contributed by atoms with Gasteiger partial charge in [0, 0.05) is 0 Å². The third-order valence-electron chi connectivity index (χ3n) is 11.8. The van der Waals surface area contributed by atoms with Crippen molar-refractivity contribution in [1.29, 1.82) is 0 Å². The van der Waals surface area contributed by atoms with Crippen molar-refractivity contribution in [2.45, 2.75) is 124 Å². The van der Waals surface area contributed by atoms with Crippen molar-refractivity contribution in [3.63, 3.8) is 0 Å². The van der Waals surface area contributed by atoms with Crippen LogP contribution in [-0.2, 0) is 4.74 Å². The predicted molar refractivity (Wildman–Crippen MR) is 128 cm³/mol. The molecule has 2 heteroatoms. The SMILES string of the molecule is CC(C)[C@]1(CC[C@@H](C)[C@H]2CC[C@H]3C4=CC[C@H]5C[C@@H](O)CC[C@]5(C)[C@H]4CC[C@]23C)O[C@H]1C. The van der Waals surface area contributed by atoms with Gasteiger partial charge in [-0.25, -0.2) is 0 Å². The molecule has 176 valence electrons. The van der Waals surface area contributed by atoms with Gasteiger partial charge in [0.2, 0.25) is 0 Å². The summed E-state index contributed by atoms with van der Waals surface area (Å²) >= 11 is 0. The van der Waals surface area contributed by atoms with E-state index in [2.05, 4.69) is 47.6 Å². The maximum absolute atomic E-state index is 10.3. The Morgan fingerprint density at radius 3 is 2.39 bits per heavy atom. The highest BCUT2D eigenvalue weighted by Crippen LogP contribution is 2.67. The topological polar surface area (TPSA) is 32.8 Å². The van der Waals surface area contributed by atoms with Crippen molar-refractivity contribution in [1.82, 2.24) is 0 Å². The molecule has 0 aromatic rings. The molecule has 4 aliphatic carbocycles. The fraction of sp³-hybridized carbons (Fsp3) is 0.931. The zero-order valence-electron chi connectivity index (χ0n) is 21.1. The van der Waals surface area contributed by atoms with Crippen molar-refractivity contribution in [2.24, 2.45) is 46.3 Å². The van der Waals surface area contributed by atoms with Gasteiger partial charge in [0.15, 0.2) is 0 Å². The molecule has 4 fully saturated rings. The molecule has 0 unspecified atom stereocenters. The van der Waals surface area contributed by atoms with Crippen LogP contribution < -0.4 is 0 Å². The van der Waals surface area contributed by atoms with Crippen LogP contribution in [0.5, 0.6) is 0 Å². The molecule has 5 aliphatic rings. The summed E-state index contributed by atoms with van der Waals surface area (Å²) in [7, 11) is 0. The Morgan fingerprint density at radius 2 is 1.71 bits per heavy atom. The van der Waals surface area contributed by atoms with Crippen molar-refractivity contribution in [2.75, 3.05) is 0 Å². The monoisotopic (exact) mass is 428 g/mol. The Labute approximate surface area is 191 Å². The first-order chi connectivity index (χ1) is 14.6. The van der Waals surface area contributed by atoms with Crippen LogP contribution in [-0.4, -0.2) is 22.9 Å². The van der Waals surface area contributed by atoms with Gasteiger partial charge in [-0.2, -0.15) is 0 Å². The maximum Gasteiger partial charge on any atom is 0.0968 e. The van der Waals surface area contributed by atoms with Crippen molar-refractivity contribution in [3.05, 3.63) is 11.6 Å². The molecule has 1 aliphatic heterocycles. The minimum absolute atomic E-state index is 0.0501. The minimum Gasteiger partial charge on any atom is -0.393 e. The van der Waals surface area contributed by atoms with Crippen molar-refractivity contribution >= 4 is 0 Å². The highest BCUT2D eigenvalue weighted by atomic mass is 16.6. The minimum atomic E-state index is -0.0501. The zero-order chi connectivity index (χ0) is 22.2. The second-order valence-electron chi connectivity index (χ2n) is 13.3. The first kappa shape index (κ1) is 22.5. The van der Waals surface area contributed by atoms with Gasteiger partial charge >= 0.3 is 0 Å². The first-order valence-corrected chi connectivity index (χ1v) is 13.7. The van der Waals surface area contributed by atoms with Gasteiger partial charge in [0.1, 0.15) is 0 Å². The van der Waals surface area contributed by atoms with Gasteiger partial charge in [-0.05, 0) is 117 Å². The van der Waals surface area contributed by atoms with Crippen LogP contribution in [0.2, 0.25) is 0 Å². The van der Waals surface area contributed by atoms with Crippen LogP contribution in [0.15, 0.2) is 11.6 Å². The zero-order valence-corrected chi connectivity index (χ0v) is 21.1. The van der Waals surface area contributed by atoms with Crippen molar-refractivity contribution in [3.8, 4) is 0 Å². The molecule has 0 aromatic heterocycles. The highest BCUT2D eigenvalue weighted by molar-refractivity contribution is 5.27. The quantitative estimate of drug-likeness (QED) is 0.372. The molecule has 0 amide bonds. The van der Waals surface area contributed by atoms with Crippen molar-refractivity contribution < 1.29 is 9.84 Å². The number of fused-ring (bicyclic) bond motifs is 5. The number of hydrogen-bond donors (Lipinski definition) is 1. The van der Waals surface area contributed by atoms with Crippen LogP contribution in [0.25, 0.3) is 0 Å². The summed E-state index contributed by atoms with van der Waals surface area (Å²) in [4.78, 5) is 0. The van der Waals surface area contributed by atoms with Gasteiger partial charge < -0.3 is 9.84 Å².